The molecule has 2 heterocycles. The van der Waals surface area contributed by atoms with Gasteiger partial charge in [0.25, 0.3) is 0 Å². The van der Waals surface area contributed by atoms with Crippen molar-refractivity contribution in [3.8, 4) is 5.88 Å². The van der Waals surface area contributed by atoms with Crippen molar-refractivity contribution < 1.29 is 9.53 Å². The van der Waals surface area contributed by atoms with Crippen LogP contribution in [-0.2, 0) is 0 Å². The molecule has 5 nitrogen and oxygen atoms in total. The number of nitrogens with one attached hydrogen (secondary N) is 1. The van der Waals surface area contributed by atoms with Crippen LogP contribution in [0.5, 0.6) is 5.88 Å². The molecule has 3 N–H and O–H groups in total. The lowest BCUT2D eigenvalue weighted by atomic mass is 9.99. The van der Waals surface area contributed by atoms with E-state index in [0.29, 0.717) is 24.0 Å². The van der Waals surface area contributed by atoms with Crippen LogP contribution in [0.25, 0.3) is 10.9 Å². The van der Waals surface area contributed by atoms with Crippen LogP contribution in [0, 0.1) is 5.92 Å². The molecule has 1 amide bonds. The molecular weight excluding hydrogens is 266 g/mol. The molecule has 21 heavy (non-hydrogen) atoms. The highest BCUT2D eigenvalue weighted by Gasteiger charge is 2.15. The first-order chi connectivity index (χ1) is 10.2. The fourth-order valence-electron chi connectivity index (χ4n) is 2.68. The average Bonchev–Trinajstić information content (AvgIpc) is 2.53. The van der Waals surface area contributed by atoms with Gasteiger partial charge in [-0.2, -0.15) is 0 Å². The Bertz CT molecular complexity index is 651. The van der Waals surface area contributed by atoms with Crippen LogP contribution < -0.4 is 15.8 Å². The molecule has 0 aliphatic carbocycles. The zero-order chi connectivity index (χ0) is 14.7. The lowest BCUT2D eigenvalue weighted by Crippen LogP contribution is -2.30. The molecule has 1 saturated heterocycles. The number of benzene rings is 1. The fourth-order valence-corrected chi connectivity index (χ4v) is 2.68. The minimum Gasteiger partial charge on any atom is -0.477 e. The number of hydrogen-bond donors (Lipinski definition) is 2. The van der Waals surface area contributed by atoms with Gasteiger partial charge in [-0.25, -0.2) is 4.98 Å². The van der Waals surface area contributed by atoms with Gasteiger partial charge in [0.1, 0.15) is 0 Å². The van der Waals surface area contributed by atoms with E-state index in [1.54, 1.807) is 6.07 Å². The van der Waals surface area contributed by atoms with E-state index in [1.165, 1.54) is 0 Å². The first kappa shape index (κ1) is 13.8. The predicted molar refractivity (Wildman–Crippen MR) is 81.3 cm³/mol. The van der Waals surface area contributed by atoms with Crippen molar-refractivity contribution in [2.45, 2.75) is 12.8 Å². The van der Waals surface area contributed by atoms with E-state index in [2.05, 4.69) is 10.3 Å². The largest absolute Gasteiger partial charge is 0.477 e. The van der Waals surface area contributed by atoms with Crippen molar-refractivity contribution in [2.24, 2.45) is 11.7 Å². The Labute approximate surface area is 123 Å². The SMILES string of the molecule is NC(=O)c1cc(OCC2CCNCC2)nc2ccccc12. The number of fused-ring (bicyclic) bond motifs is 1. The highest BCUT2D eigenvalue weighted by atomic mass is 16.5. The number of hydrogen-bond acceptors (Lipinski definition) is 4. The standard InChI is InChI=1S/C16H19N3O2/c17-16(20)13-9-15(19-14-4-2-1-3-12(13)14)21-10-11-5-7-18-8-6-11/h1-4,9,11,18H,5-8,10H2,(H2,17,20). The molecule has 1 fully saturated rings. The molecule has 2 aromatic rings. The van der Waals surface area contributed by atoms with E-state index in [-0.39, 0.29) is 0 Å². The topological polar surface area (TPSA) is 77.2 Å². The van der Waals surface area contributed by atoms with E-state index in [4.69, 9.17) is 10.5 Å². The van der Waals surface area contributed by atoms with E-state index in [9.17, 15) is 4.79 Å². The number of pyridine rings is 1. The minimum atomic E-state index is -0.458. The van der Waals surface area contributed by atoms with E-state index in [0.717, 1.165) is 36.8 Å². The van der Waals surface area contributed by atoms with Gasteiger partial charge in [0, 0.05) is 11.5 Å². The highest BCUT2D eigenvalue weighted by molar-refractivity contribution is 6.05. The van der Waals surface area contributed by atoms with Crippen LogP contribution in [0.2, 0.25) is 0 Å². The molecule has 0 atom stereocenters. The van der Waals surface area contributed by atoms with Crippen molar-refractivity contribution in [1.82, 2.24) is 10.3 Å². The Morgan fingerprint density at radius 1 is 1.33 bits per heavy atom. The second-order valence-corrected chi connectivity index (χ2v) is 5.39. The molecule has 0 bridgehead atoms. The van der Waals surface area contributed by atoms with Gasteiger partial charge in [0.05, 0.1) is 17.7 Å². The maximum absolute atomic E-state index is 11.6. The summed E-state index contributed by atoms with van der Waals surface area (Å²) in [5.41, 5.74) is 6.65. The molecule has 5 heteroatoms. The zero-order valence-electron chi connectivity index (χ0n) is 11.8. The quantitative estimate of drug-likeness (QED) is 0.896. The Morgan fingerprint density at radius 2 is 2.10 bits per heavy atom. The van der Waals surface area contributed by atoms with Crippen LogP contribution in [0.4, 0.5) is 0 Å². The number of para-hydroxylation sites is 1. The summed E-state index contributed by atoms with van der Waals surface area (Å²) in [5, 5.41) is 4.09. The molecule has 0 spiro atoms. The second-order valence-electron chi connectivity index (χ2n) is 5.39. The third-order valence-corrected chi connectivity index (χ3v) is 3.88. The van der Waals surface area contributed by atoms with Gasteiger partial charge in [-0.15, -0.1) is 0 Å². The van der Waals surface area contributed by atoms with E-state index < -0.39 is 5.91 Å². The third-order valence-electron chi connectivity index (χ3n) is 3.88. The number of carbonyl (C=O) groups excluding carboxylic acids is 1. The molecule has 1 aromatic heterocycles. The maximum Gasteiger partial charge on any atom is 0.249 e. The Morgan fingerprint density at radius 3 is 2.86 bits per heavy atom. The van der Waals surface area contributed by atoms with Crippen LogP contribution in [0.15, 0.2) is 30.3 Å². The zero-order valence-corrected chi connectivity index (χ0v) is 11.8. The van der Waals surface area contributed by atoms with Gasteiger partial charge in [0.2, 0.25) is 11.8 Å². The maximum atomic E-state index is 11.6. The van der Waals surface area contributed by atoms with Crippen molar-refractivity contribution in [3.63, 3.8) is 0 Å². The summed E-state index contributed by atoms with van der Waals surface area (Å²) in [6.45, 7) is 2.70. The van der Waals surface area contributed by atoms with Gasteiger partial charge in [-0.1, -0.05) is 18.2 Å². The summed E-state index contributed by atoms with van der Waals surface area (Å²) in [4.78, 5) is 16.1. The Balaban J connectivity index is 1.83. The van der Waals surface area contributed by atoms with E-state index in [1.807, 2.05) is 24.3 Å². The minimum absolute atomic E-state index is 0.458. The summed E-state index contributed by atoms with van der Waals surface area (Å²) in [5.74, 6) is 0.554. The van der Waals surface area contributed by atoms with Gasteiger partial charge in [-0.3, -0.25) is 4.79 Å². The number of carbonyl (C=O) groups is 1. The summed E-state index contributed by atoms with van der Waals surface area (Å²) in [6, 6.07) is 9.10. The number of nitrogens with two attached hydrogens (primary N) is 1. The fraction of sp³-hybridized carbons (Fsp3) is 0.375. The molecule has 1 aliphatic rings. The van der Waals surface area contributed by atoms with Gasteiger partial charge in [-0.05, 0) is 37.9 Å². The lowest BCUT2D eigenvalue weighted by Gasteiger charge is -2.22. The number of ether oxygens (including phenoxy) is 1. The Kier molecular flexibility index (Phi) is 4.01. The normalized spacial score (nSPS) is 16.0. The van der Waals surface area contributed by atoms with Crippen LogP contribution >= 0.6 is 0 Å². The van der Waals surface area contributed by atoms with Crippen LogP contribution in [-0.4, -0.2) is 30.6 Å². The molecule has 0 unspecified atom stereocenters. The number of rotatable bonds is 4. The smallest absolute Gasteiger partial charge is 0.249 e. The van der Waals surface area contributed by atoms with Gasteiger partial charge < -0.3 is 15.8 Å². The predicted octanol–water partition coefficient (Wildman–Crippen LogP) is 1.71. The van der Waals surface area contributed by atoms with Crippen molar-refractivity contribution >= 4 is 16.8 Å². The van der Waals surface area contributed by atoms with Crippen LogP contribution in [0.1, 0.15) is 23.2 Å². The summed E-state index contributed by atoms with van der Waals surface area (Å²) >= 11 is 0. The van der Waals surface area contributed by atoms with Crippen molar-refractivity contribution in [1.29, 1.82) is 0 Å². The number of primary amides is 1. The van der Waals surface area contributed by atoms with Crippen LogP contribution in [0.3, 0.4) is 0 Å². The Hall–Kier alpha value is -2.14. The van der Waals surface area contributed by atoms with Crippen molar-refractivity contribution in [2.75, 3.05) is 19.7 Å². The molecule has 110 valence electrons. The number of piperidine rings is 1. The molecule has 1 aliphatic heterocycles. The first-order valence-electron chi connectivity index (χ1n) is 7.27. The number of aromatic nitrogens is 1. The van der Waals surface area contributed by atoms with Gasteiger partial charge in [0.15, 0.2) is 0 Å². The second kappa shape index (κ2) is 6.10. The van der Waals surface area contributed by atoms with Gasteiger partial charge >= 0.3 is 0 Å². The monoisotopic (exact) mass is 285 g/mol. The summed E-state index contributed by atoms with van der Waals surface area (Å²) in [6.07, 6.45) is 2.21. The lowest BCUT2D eigenvalue weighted by molar-refractivity contribution is 0.100. The molecule has 1 aromatic carbocycles. The summed E-state index contributed by atoms with van der Waals surface area (Å²) in [7, 11) is 0. The molecule has 0 radical (unpaired) electrons. The third kappa shape index (κ3) is 3.13. The van der Waals surface area contributed by atoms with E-state index >= 15 is 0 Å². The molecule has 3 rings (SSSR count). The summed E-state index contributed by atoms with van der Waals surface area (Å²) < 4.78 is 5.80. The number of amides is 1. The molecule has 0 saturated carbocycles. The first-order valence-corrected chi connectivity index (χ1v) is 7.27. The number of nitrogens with zero attached hydrogens (tertiary/aromatic N) is 1. The highest BCUT2D eigenvalue weighted by Crippen LogP contribution is 2.22. The molecular formula is C16H19N3O2. The average molecular weight is 285 g/mol. The van der Waals surface area contributed by atoms with Crippen molar-refractivity contribution in [3.05, 3.63) is 35.9 Å².